The molecule has 0 saturated heterocycles. The normalized spacial score (nSPS) is 9.44. The lowest BCUT2D eigenvalue weighted by Crippen LogP contribution is -2.21. The minimum Gasteiger partial charge on any atom is -0.369 e. The quantitative estimate of drug-likeness (QED) is 0.326. The molecule has 0 aliphatic heterocycles. The average Bonchev–Trinajstić information content (AvgIpc) is 2.22. The molecular weight excluding hydrogens is 285 g/mol. The summed E-state index contributed by atoms with van der Waals surface area (Å²) in [5, 5.41) is 21.6. The Bertz CT molecular complexity index is 470. The minimum atomic E-state index is -1.50. The second-order valence-electron chi connectivity index (χ2n) is 2.68. The van der Waals surface area contributed by atoms with Crippen molar-refractivity contribution in [3.05, 3.63) is 43.9 Å². The summed E-state index contributed by atoms with van der Waals surface area (Å²) >= 11 is 11.5. The van der Waals surface area contributed by atoms with Gasteiger partial charge in [-0.2, -0.15) is 5.10 Å². The van der Waals surface area contributed by atoms with E-state index < -0.39 is 5.09 Å². The van der Waals surface area contributed by atoms with Crippen LogP contribution >= 0.6 is 23.2 Å². The summed E-state index contributed by atoms with van der Waals surface area (Å²) in [6, 6.07) is 5.08. The van der Waals surface area contributed by atoms with Crippen molar-refractivity contribution >= 4 is 35.4 Å². The zero-order chi connectivity index (χ0) is 14.1. The van der Waals surface area contributed by atoms with Gasteiger partial charge in [-0.15, -0.1) is 15.2 Å². The van der Waals surface area contributed by atoms with Crippen LogP contribution in [0, 0.1) is 10.1 Å². The summed E-state index contributed by atoms with van der Waals surface area (Å²) in [7, 11) is 0. The van der Waals surface area contributed by atoms with Crippen LogP contribution in [0.2, 0.25) is 10.0 Å². The zero-order valence-electron chi connectivity index (χ0n) is 8.83. The highest BCUT2D eigenvalue weighted by molar-refractivity contribution is 6.42. The van der Waals surface area contributed by atoms with Gasteiger partial charge in [0.15, 0.2) is 0 Å². The molecule has 0 unspecified atom stereocenters. The van der Waals surface area contributed by atoms with E-state index in [1.807, 2.05) is 0 Å². The Hall–Kier alpha value is -2.06. The Kier molecular flexibility index (Phi) is 7.17. The lowest BCUT2D eigenvalue weighted by molar-refractivity contribution is -0.742. The standard InChI is InChI=1S/C8H8Cl2N4.HNO3/c9-6-2-1-5(3-7(6)10)4-13-14-8(11)12;2-1(3)4/h1-4H,(H4,11,12,14);(H,2,3,4). The van der Waals surface area contributed by atoms with Gasteiger partial charge < -0.3 is 16.7 Å². The highest BCUT2D eigenvalue weighted by Crippen LogP contribution is 2.21. The fourth-order valence-electron chi connectivity index (χ4n) is 0.755. The van der Waals surface area contributed by atoms with Crippen molar-refractivity contribution in [1.29, 1.82) is 0 Å². The number of nitrogens with zero attached hydrogens (tertiary/aromatic N) is 3. The van der Waals surface area contributed by atoms with Gasteiger partial charge in [-0.05, 0) is 17.7 Å². The van der Waals surface area contributed by atoms with Crippen molar-refractivity contribution < 1.29 is 10.3 Å². The summed E-state index contributed by atoms with van der Waals surface area (Å²) < 4.78 is 0. The molecule has 0 aromatic heterocycles. The Labute approximate surface area is 112 Å². The second-order valence-corrected chi connectivity index (χ2v) is 3.50. The number of hydrogen-bond acceptors (Lipinski definition) is 4. The topological polar surface area (TPSA) is 140 Å². The van der Waals surface area contributed by atoms with E-state index in [4.69, 9.17) is 50.0 Å². The molecule has 0 bridgehead atoms. The molecule has 0 spiro atoms. The smallest absolute Gasteiger partial charge is 0.291 e. The first kappa shape index (κ1) is 15.9. The largest absolute Gasteiger partial charge is 0.369 e. The minimum absolute atomic E-state index is 0.0960. The Morgan fingerprint density at radius 3 is 2.39 bits per heavy atom. The molecule has 0 aliphatic carbocycles. The van der Waals surface area contributed by atoms with Gasteiger partial charge in [-0.25, -0.2) is 0 Å². The number of halogens is 2. The first-order chi connectivity index (χ1) is 8.32. The van der Waals surface area contributed by atoms with Crippen LogP contribution in [0.1, 0.15) is 5.56 Å². The van der Waals surface area contributed by atoms with Crippen LogP contribution < -0.4 is 11.5 Å². The molecule has 8 nitrogen and oxygen atoms in total. The third-order valence-electron chi connectivity index (χ3n) is 1.32. The van der Waals surface area contributed by atoms with Gasteiger partial charge in [0.2, 0.25) is 5.96 Å². The number of nitrogens with two attached hydrogens (primary N) is 2. The average molecular weight is 294 g/mol. The van der Waals surface area contributed by atoms with E-state index in [1.54, 1.807) is 18.2 Å². The van der Waals surface area contributed by atoms with Crippen LogP contribution in [0.5, 0.6) is 0 Å². The molecule has 0 atom stereocenters. The molecule has 1 rings (SSSR count). The van der Waals surface area contributed by atoms with Crippen LogP contribution in [0.15, 0.2) is 28.4 Å². The predicted molar refractivity (Wildman–Crippen MR) is 68.6 cm³/mol. The maximum absolute atomic E-state index is 8.36. The number of benzene rings is 1. The fraction of sp³-hybridized carbons (Fsp3) is 0. The first-order valence-corrected chi connectivity index (χ1v) is 4.98. The van der Waals surface area contributed by atoms with E-state index >= 15 is 0 Å². The molecule has 5 N–H and O–H groups in total. The van der Waals surface area contributed by atoms with Crippen molar-refractivity contribution in [3.8, 4) is 0 Å². The van der Waals surface area contributed by atoms with Gasteiger partial charge >= 0.3 is 0 Å². The van der Waals surface area contributed by atoms with E-state index in [-0.39, 0.29) is 5.96 Å². The van der Waals surface area contributed by atoms with E-state index in [0.717, 1.165) is 5.56 Å². The van der Waals surface area contributed by atoms with Crippen LogP contribution in [0.3, 0.4) is 0 Å². The zero-order valence-corrected chi connectivity index (χ0v) is 10.3. The lowest BCUT2D eigenvalue weighted by Gasteiger charge is -1.95. The van der Waals surface area contributed by atoms with Crippen molar-refractivity contribution in [2.24, 2.45) is 21.7 Å². The summed E-state index contributed by atoms with van der Waals surface area (Å²) in [5.41, 5.74) is 10.9. The molecule has 0 radical (unpaired) electrons. The maximum atomic E-state index is 8.36. The van der Waals surface area contributed by atoms with Crippen molar-refractivity contribution in [2.75, 3.05) is 0 Å². The van der Waals surface area contributed by atoms with E-state index in [1.165, 1.54) is 6.21 Å². The SMILES string of the molecule is NC(N)=NN=Cc1ccc(Cl)c(Cl)c1.O=[N+]([O-])O. The number of hydrogen-bond donors (Lipinski definition) is 3. The van der Waals surface area contributed by atoms with E-state index in [0.29, 0.717) is 10.0 Å². The summed E-state index contributed by atoms with van der Waals surface area (Å²) in [6.07, 6.45) is 1.47. The number of guanidine groups is 1. The molecule has 0 aliphatic rings. The van der Waals surface area contributed by atoms with Crippen molar-refractivity contribution in [2.45, 2.75) is 0 Å². The summed E-state index contributed by atoms with van der Waals surface area (Å²) in [4.78, 5) is 8.36. The summed E-state index contributed by atoms with van der Waals surface area (Å²) in [5.74, 6) is -0.0960. The summed E-state index contributed by atoms with van der Waals surface area (Å²) in [6.45, 7) is 0. The molecule has 1 aromatic rings. The molecule has 10 heteroatoms. The highest BCUT2D eigenvalue weighted by Gasteiger charge is 1.96. The van der Waals surface area contributed by atoms with Gasteiger partial charge in [0, 0.05) is 0 Å². The van der Waals surface area contributed by atoms with Crippen LogP contribution in [-0.4, -0.2) is 22.5 Å². The van der Waals surface area contributed by atoms with Crippen LogP contribution in [-0.2, 0) is 0 Å². The highest BCUT2D eigenvalue weighted by atomic mass is 35.5. The van der Waals surface area contributed by atoms with Crippen molar-refractivity contribution in [1.82, 2.24) is 0 Å². The van der Waals surface area contributed by atoms with Gasteiger partial charge in [-0.1, -0.05) is 29.3 Å². The molecular formula is C8H9Cl2N5O3. The van der Waals surface area contributed by atoms with Gasteiger partial charge in [0.05, 0.1) is 16.3 Å². The maximum Gasteiger partial charge on any atom is 0.291 e. The molecule has 0 saturated carbocycles. The monoisotopic (exact) mass is 293 g/mol. The Morgan fingerprint density at radius 1 is 1.39 bits per heavy atom. The molecule has 0 fully saturated rings. The van der Waals surface area contributed by atoms with Gasteiger partial charge in [-0.3, -0.25) is 0 Å². The third kappa shape index (κ3) is 8.13. The van der Waals surface area contributed by atoms with Crippen LogP contribution in [0.25, 0.3) is 0 Å². The molecule has 1 aromatic carbocycles. The van der Waals surface area contributed by atoms with Crippen molar-refractivity contribution in [3.63, 3.8) is 0 Å². The molecule has 18 heavy (non-hydrogen) atoms. The lowest BCUT2D eigenvalue weighted by atomic mass is 10.2. The first-order valence-electron chi connectivity index (χ1n) is 4.23. The third-order valence-corrected chi connectivity index (χ3v) is 2.06. The molecule has 98 valence electrons. The molecule has 0 amide bonds. The fourth-order valence-corrected chi connectivity index (χ4v) is 1.06. The number of rotatable bonds is 2. The van der Waals surface area contributed by atoms with Crippen LogP contribution in [0.4, 0.5) is 0 Å². The molecule has 0 heterocycles. The Morgan fingerprint density at radius 2 is 1.94 bits per heavy atom. The van der Waals surface area contributed by atoms with E-state index in [9.17, 15) is 0 Å². The van der Waals surface area contributed by atoms with Gasteiger partial charge in [0.1, 0.15) is 0 Å². The van der Waals surface area contributed by atoms with Gasteiger partial charge in [0.25, 0.3) is 5.09 Å². The Balaban J connectivity index is 0.000000631. The second kappa shape index (κ2) is 8.09. The van der Waals surface area contributed by atoms with E-state index in [2.05, 4.69) is 10.2 Å². The predicted octanol–water partition coefficient (Wildman–Crippen LogP) is 1.25.